The zero-order chi connectivity index (χ0) is 20.1. The Morgan fingerprint density at radius 1 is 1.11 bits per heavy atom. The van der Waals surface area contributed by atoms with Crippen LogP contribution < -0.4 is 5.32 Å². The van der Waals surface area contributed by atoms with Crippen LogP contribution in [0.5, 0.6) is 0 Å². The van der Waals surface area contributed by atoms with Crippen LogP contribution in [0.3, 0.4) is 0 Å². The number of hydrogen-bond acceptors (Lipinski definition) is 3. The number of amides is 1. The number of halogens is 3. The molecule has 0 saturated heterocycles. The fraction of sp³-hybridized carbons (Fsp3) is 0.333. The van der Waals surface area contributed by atoms with E-state index in [9.17, 15) is 22.8 Å². The molecule has 3 rings (SSSR count). The van der Waals surface area contributed by atoms with E-state index in [0.29, 0.717) is 0 Å². The summed E-state index contributed by atoms with van der Waals surface area (Å²) in [4.78, 5) is 24.0. The number of fused-ring (bicyclic) bond motifs is 1. The summed E-state index contributed by atoms with van der Waals surface area (Å²) in [5.41, 5.74) is 1.62. The Morgan fingerprint density at radius 3 is 2.68 bits per heavy atom. The second kappa shape index (κ2) is 8.46. The van der Waals surface area contributed by atoms with Crippen molar-refractivity contribution < 1.29 is 27.5 Å². The smallest absolute Gasteiger partial charge is 0.416 e. The highest BCUT2D eigenvalue weighted by molar-refractivity contribution is 5.81. The van der Waals surface area contributed by atoms with Gasteiger partial charge in [-0.1, -0.05) is 42.5 Å². The molecule has 0 heterocycles. The molecule has 148 valence electrons. The lowest BCUT2D eigenvalue weighted by molar-refractivity contribution is -0.148. The zero-order valence-electron chi connectivity index (χ0n) is 15.1. The molecule has 1 aliphatic rings. The van der Waals surface area contributed by atoms with Crippen molar-refractivity contribution in [2.75, 3.05) is 6.61 Å². The van der Waals surface area contributed by atoms with E-state index in [0.717, 1.165) is 37.0 Å². The van der Waals surface area contributed by atoms with Gasteiger partial charge in [-0.3, -0.25) is 9.59 Å². The molecule has 4 nitrogen and oxygen atoms in total. The second-order valence-corrected chi connectivity index (χ2v) is 6.75. The number of aryl methyl sites for hydroxylation is 1. The highest BCUT2D eigenvalue weighted by atomic mass is 19.4. The summed E-state index contributed by atoms with van der Waals surface area (Å²) >= 11 is 0. The van der Waals surface area contributed by atoms with Crippen molar-refractivity contribution in [3.63, 3.8) is 0 Å². The number of hydrogen-bond donors (Lipinski definition) is 1. The molecule has 0 aliphatic heterocycles. The van der Waals surface area contributed by atoms with E-state index in [4.69, 9.17) is 4.74 Å². The normalized spacial score (nSPS) is 16.2. The molecule has 7 heteroatoms. The molecular weight excluding hydrogens is 371 g/mol. The van der Waals surface area contributed by atoms with E-state index >= 15 is 0 Å². The van der Waals surface area contributed by atoms with Crippen molar-refractivity contribution in [2.45, 2.75) is 37.9 Å². The number of alkyl halides is 3. The van der Waals surface area contributed by atoms with E-state index < -0.39 is 30.2 Å². The summed E-state index contributed by atoms with van der Waals surface area (Å²) < 4.78 is 43.1. The van der Waals surface area contributed by atoms with Crippen molar-refractivity contribution >= 4 is 11.9 Å². The van der Waals surface area contributed by atoms with E-state index in [1.165, 1.54) is 17.7 Å². The van der Waals surface area contributed by atoms with Crippen LogP contribution in [0.2, 0.25) is 0 Å². The SMILES string of the molecule is O=C(COC(=O)Cc1cccc(C(F)(F)F)c1)NC1CCCc2ccccc21. The number of benzene rings is 2. The highest BCUT2D eigenvalue weighted by Crippen LogP contribution is 2.30. The zero-order valence-corrected chi connectivity index (χ0v) is 15.1. The number of rotatable bonds is 5. The molecule has 1 atom stereocenters. The topological polar surface area (TPSA) is 55.4 Å². The Hall–Kier alpha value is -2.83. The quantitative estimate of drug-likeness (QED) is 0.785. The minimum atomic E-state index is -4.48. The second-order valence-electron chi connectivity index (χ2n) is 6.75. The van der Waals surface area contributed by atoms with Gasteiger partial charge in [0.25, 0.3) is 5.91 Å². The Morgan fingerprint density at radius 2 is 1.89 bits per heavy atom. The van der Waals surface area contributed by atoms with Crippen LogP contribution in [0, 0.1) is 0 Å². The van der Waals surface area contributed by atoms with Gasteiger partial charge < -0.3 is 10.1 Å². The fourth-order valence-corrected chi connectivity index (χ4v) is 3.36. The number of carbonyl (C=O) groups excluding carboxylic acids is 2. The van der Waals surface area contributed by atoms with Crippen LogP contribution in [0.1, 0.15) is 41.1 Å². The Balaban J connectivity index is 1.51. The summed E-state index contributed by atoms with van der Waals surface area (Å²) in [6.07, 6.45) is -2.08. The number of carbonyl (C=O) groups is 2. The third-order valence-electron chi connectivity index (χ3n) is 4.67. The monoisotopic (exact) mass is 391 g/mol. The van der Waals surface area contributed by atoms with Gasteiger partial charge in [-0.05, 0) is 42.0 Å². The van der Waals surface area contributed by atoms with Gasteiger partial charge in [0.1, 0.15) is 0 Å². The van der Waals surface area contributed by atoms with Gasteiger partial charge in [-0.2, -0.15) is 13.2 Å². The van der Waals surface area contributed by atoms with Gasteiger partial charge in [0.2, 0.25) is 0 Å². The first-order valence-electron chi connectivity index (χ1n) is 9.02. The first-order valence-corrected chi connectivity index (χ1v) is 9.02. The predicted molar refractivity (Wildman–Crippen MR) is 96.4 cm³/mol. The van der Waals surface area contributed by atoms with Crippen molar-refractivity contribution in [1.82, 2.24) is 5.32 Å². The summed E-state index contributed by atoms with van der Waals surface area (Å²) in [6.45, 7) is -0.462. The summed E-state index contributed by atoms with van der Waals surface area (Å²) in [6, 6.07) is 12.2. The molecule has 2 aromatic carbocycles. The van der Waals surface area contributed by atoms with Gasteiger partial charge in [-0.15, -0.1) is 0 Å². The molecule has 1 unspecified atom stereocenters. The lowest BCUT2D eigenvalue weighted by atomic mass is 9.88. The lowest BCUT2D eigenvalue weighted by Crippen LogP contribution is -2.34. The average Bonchev–Trinajstić information content (AvgIpc) is 2.66. The maximum atomic E-state index is 12.7. The van der Waals surface area contributed by atoms with Gasteiger partial charge >= 0.3 is 12.1 Å². The molecule has 1 amide bonds. The van der Waals surface area contributed by atoms with Crippen LogP contribution >= 0.6 is 0 Å². The summed E-state index contributed by atoms with van der Waals surface area (Å²) in [5.74, 6) is -1.18. The molecule has 1 aliphatic carbocycles. The number of esters is 1. The van der Waals surface area contributed by atoms with Crippen molar-refractivity contribution in [1.29, 1.82) is 0 Å². The molecule has 28 heavy (non-hydrogen) atoms. The summed E-state index contributed by atoms with van der Waals surface area (Å²) in [7, 11) is 0. The average molecular weight is 391 g/mol. The van der Waals surface area contributed by atoms with Crippen LogP contribution in [0.4, 0.5) is 13.2 Å². The maximum Gasteiger partial charge on any atom is 0.416 e. The van der Waals surface area contributed by atoms with Crippen molar-refractivity contribution in [3.8, 4) is 0 Å². The molecule has 0 fully saturated rings. The Bertz CT molecular complexity index is 864. The minimum absolute atomic E-state index is 0.125. The molecule has 0 aromatic heterocycles. The molecule has 0 radical (unpaired) electrons. The molecule has 2 aromatic rings. The van der Waals surface area contributed by atoms with Crippen molar-refractivity contribution in [3.05, 3.63) is 70.8 Å². The first kappa shape index (κ1) is 19.9. The minimum Gasteiger partial charge on any atom is -0.455 e. The summed E-state index contributed by atoms with van der Waals surface area (Å²) in [5, 5.41) is 2.86. The van der Waals surface area contributed by atoms with Gasteiger partial charge in [0.15, 0.2) is 6.61 Å². The highest BCUT2D eigenvalue weighted by Gasteiger charge is 2.30. The Labute approximate surface area is 160 Å². The molecule has 1 N–H and O–H groups in total. The van der Waals surface area contributed by atoms with Gasteiger partial charge in [0.05, 0.1) is 18.0 Å². The largest absolute Gasteiger partial charge is 0.455 e. The van der Waals surface area contributed by atoms with Crippen LogP contribution in [0.15, 0.2) is 48.5 Å². The third-order valence-corrected chi connectivity index (χ3v) is 4.67. The fourth-order valence-electron chi connectivity index (χ4n) is 3.36. The predicted octanol–water partition coefficient (Wildman–Crippen LogP) is 3.98. The Kier molecular flexibility index (Phi) is 6.02. The van der Waals surface area contributed by atoms with Crippen LogP contribution in [0.25, 0.3) is 0 Å². The van der Waals surface area contributed by atoms with E-state index in [2.05, 4.69) is 5.32 Å². The van der Waals surface area contributed by atoms with E-state index in [-0.39, 0.29) is 18.0 Å². The standard InChI is InChI=1S/C21H20F3NO3/c22-21(23,24)16-8-3-5-14(11-16)12-20(27)28-13-19(26)25-18-10-4-7-15-6-1-2-9-17(15)18/h1-3,5-6,8-9,11,18H,4,7,10,12-13H2,(H,25,26). The first-order chi connectivity index (χ1) is 13.3. The van der Waals surface area contributed by atoms with Gasteiger partial charge in [-0.25, -0.2) is 0 Å². The van der Waals surface area contributed by atoms with Crippen LogP contribution in [-0.4, -0.2) is 18.5 Å². The maximum absolute atomic E-state index is 12.7. The number of nitrogens with one attached hydrogen (secondary N) is 1. The van der Waals surface area contributed by atoms with E-state index in [1.54, 1.807) is 0 Å². The van der Waals surface area contributed by atoms with E-state index in [1.807, 2.05) is 24.3 Å². The van der Waals surface area contributed by atoms with Crippen LogP contribution in [-0.2, 0) is 33.3 Å². The molecule has 0 saturated carbocycles. The molecule has 0 spiro atoms. The molecular formula is C21H20F3NO3. The lowest BCUT2D eigenvalue weighted by Gasteiger charge is -2.26. The number of ether oxygens (including phenoxy) is 1. The molecule has 0 bridgehead atoms. The van der Waals surface area contributed by atoms with Gasteiger partial charge in [0, 0.05) is 0 Å². The van der Waals surface area contributed by atoms with Crippen molar-refractivity contribution in [2.24, 2.45) is 0 Å². The third kappa shape index (κ3) is 5.12.